The highest BCUT2D eigenvalue weighted by Crippen LogP contribution is 2.45. The van der Waals surface area contributed by atoms with Gasteiger partial charge in [-0.25, -0.2) is 4.39 Å². The molecule has 32 heavy (non-hydrogen) atoms. The summed E-state index contributed by atoms with van der Waals surface area (Å²) in [6.07, 6.45) is 1.55. The van der Waals surface area contributed by atoms with Gasteiger partial charge in [-0.15, -0.1) is 0 Å². The number of carbonyl (C=O) groups is 2. The summed E-state index contributed by atoms with van der Waals surface area (Å²) >= 11 is 6.43. The van der Waals surface area contributed by atoms with Crippen molar-refractivity contribution < 1.29 is 18.9 Å². The van der Waals surface area contributed by atoms with Gasteiger partial charge in [0, 0.05) is 52.0 Å². The van der Waals surface area contributed by atoms with Crippen LogP contribution < -0.4 is 10.6 Å². The van der Waals surface area contributed by atoms with Gasteiger partial charge in [-0.3, -0.25) is 19.7 Å². The molecule has 2 aromatic carbocycles. The van der Waals surface area contributed by atoms with Crippen molar-refractivity contribution in [2.75, 3.05) is 5.32 Å². The third kappa shape index (κ3) is 3.89. The van der Waals surface area contributed by atoms with E-state index in [1.54, 1.807) is 13.0 Å². The Bertz CT molecular complexity index is 1220. The van der Waals surface area contributed by atoms with Crippen LogP contribution in [0.2, 0.25) is 5.02 Å². The number of nitrogens with one attached hydrogen (secondary N) is 2. The van der Waals surface area contributed by atoms with Crippen molar-refractivity contribution in [3.8, 4) is 0 Å². The van der Waals surface area contributed by atoms with E-state index in [4.69, 9.17) is 11.6 Å². The molecule has 0 bridgehead atoms. The molecule has 4 rings (SSSR count). The Balaban J connectivity index is 1.87. The second-order valence-electron chi connectivity index (χ2n) is 7.66. The predicted molar refractivity (Wildman–Crippen MR) is 118 cm³/mol. The van der Waals surface area contributed by atoms with Crippen molar-refractivity contribution in [3.63, 3.8) is 0 Å². The van der Waals surface area contributed by atoms with E-state index in [0.29, 0.717) is 36.2 Å². The summed E-state index contributed by atoms with van der Waals surface area (Å²) in [5, 5.41) is 17.3. The molecular weight excluding hydrogens is 437 g/mol. The molecule has 1 heterocycles. The maximum absolute atomic E-state index is 14.2. The third-order valence-corrected chi connectivity index (χ3v) is 5.99. The first kappa shape index (κ1) is 21.7. The number of nitro groups is 1. The van der Waals surface area contributed by atoms with Crippen LogP contribution in [0.4, 0.5) is 15.8 Å². The minimum atomic E-state index is -0.918. The first-order valence-corrected chi connectivity index (χ1v) is 10.4. The number of dihydropyridines is 1. The summed E-state index contributed by atoms with van der Waals surface area (Å²) in [7, 11) is 0. The molecule has 1 aliphatic heterocycles. The number of benzene rings is 2. The molecule has 2 aromatic rings. The zero-order valence-electron chi connectivity index (χ0n) is 17.1. The number of carbonyl (C=O) groups excluding carboxylic acids is 2. The van der Waals surface area contributed by atoms with Gasteiger partial charge in [0.2, 0.25) is 0 Å². The second-order valence-corrected chi connectivity index (χ2v) is 8.07. The number of amides is 1. The van der Waals surface area contributed by atoms with Crippen LogP contribution in [0.5, 0.6) is 0 Å². The highest BCUT2D eigenvalue weighted by atomic mass is 35.5. The highest BCUT2D eigenvalue weighted by Gasteiger charge is 2.40. The summed E-state index contributed by atoms with van der Waals surface area (Å²) in [4.78, 5) is 37.1. The van der Waals surface area contributed by atoms with Crippen molar-refractivity contribution in [1.82, 2.24) is 5.32 Å². The lowest BCUT2D eigenvalue weighted by molar-refractivity contribution is -0.384. The summed E-state index contributed by atoms with van der Waals surface area (Å²) < 4.78 is 14.2. The van der Waals surface area contributed by atoms with E-state index in [2.05, 4.69) is 10.6 Å². The van der Waals surface area contributed by atoms with Crippen LogP contribution in [-0.4, -0.2) is 16.6 Å². The van der Waals surface area contributed by atoms with Crippen LogP contribution in [-0.2, 0) is 9.59 Å². The Morgan fingerprint density at radius 2 is 2.00 bits per heavy atom. The number of rotatable bonds is 4. The third-order valence-electron chi connectivity index (χ3n) is 5.64. The number of nitrogens with zero attached hydrogens (tertiary/aromatic N) is 1. The molecular formula is C23H19ClFN3O4. The van der Waals surface area contributed by atoms with Gasteiger partial charge in [0.25, 0.3) is 11.6 Å². The first-order chi connectivity index (χ1) is 15.3. The Kier molecular flexibility index (Phi) is 5.80. The smallest absolute Gasteiger partial charge is 0.269 e. The minimum absolute atomic E-state index is 0.0172. The van der Waals surface area contributed by atoms with Crippen LogP contribution in [0.3, 0.4) is 0 Å². The fraction of sp³-hybridized carbons (Fsp3) is 0.217. The van der Waals surface area contributed by atoms with E-state index in [-0.39, 0.29) is 33.3 Å². The number of non-ortho nitro benzene ring substituents is 1. The van der Waals surface area contributed by atoms with E-state index in [9.17, 15) is 24.1 Å². The van der Waals surface area contributed by atoms with Crippen molar-refractivity contribution >= 4 is 34.7 Å². The Morgan fingerprint density at radius 3 is 2.72 bits per heavy atom. The molecule has 0 saturated heterocycles. The largest absolute Gasteiger partial charge is 0.362 e. The lowest BCUT2D eigenvalue weighted by Crippen LogP contribution is -2.35. The van der Waals surface area contributed by atoms with Crippen LogP contribution in [0.15, 0.2) is 65.0 Å². The maximum atomic E-state index is 14.2. The lowest BCUT2D eigenvalue weighted by atomic mass is 9.75. The molecule has 1 aliphatic carbocycles. The summed E-state index contributed by atoms with van der Waals surface area (Å²) in [5.74, 6) is -2.31. The van der Waals surface area contributed by atoms with Gasteiger partial charge in [-0.1, -0.05) is 23.7 Å². The summed E-state index contributed by atoms with van der Waals surface area (Å²) in [5.41, 5.74) is 1.72. The van der Waals surface area contributed by atoms with Crippen molar-refractivity contribution in [3.05, 3.63) is 91.5 Å². The molecule has 9 heteroatoms. The Hall–Kier alpha value is -3.52. The van der Waals surface area contributed by atoms with E-state index < -0.39 is 22.6 Å². The van der Waals surface area contributed by atoms with Gasteiger partial charge in [-0.2, -0.15) is 0 Å². The van der Waals surface area contributed by atoms with Crippen molar-refractivity contribution in [2.45, 2.75) is 32.1 Å². The number of para-hydroxylation sites is 1. The number of allylic oxidation sites excluding steroid dienone is 3. The molecule has 0 saturated carbocycles. The normalized spacial score (nSPS) is 18.2. The van der Waals surface area contributed by atoms with E-state index in [0.717, 1.165) is 0 Å². The van der Waals surface area contributed by atoms with Crippen LogP contribution in [0, 0.1) is 15.9 Å². The van der Waals surface area contributed by atoms with Crippen LogP contribution >= 0.6 is 11.6 Å². The van der Waals surface area contributed by atoms with Crippen molar-refractivity contribution in [1.29, 1.82) is 0 Å². The van der Waals surface area contributed by atoms with Crippen molar-refractivity contribution in [2.24, 2.45) is 0 Å². The number of Topliss-reactive ketones (excluding diaryl/α,β-unsaturated/α-hetero) is 1. The fourth-order valence-corrected chi connectivity index (χ4v) is 4.44. The molecule has 7 nitrogen and oxygen atoms in total. The maximum Gasteiger partial charge on any atom is 0.269 e. The van der Waals surface area contributed by atoms with E-state index in [1.807, 2.05) is 0 Å². The van der Waals surface area contributed by atoms with Gasteiger partial charge < -0.3 is 10.6 Å². The number of ketones is 1. The zero-order chi connectivity index (χ0) is 23.0. The molecule has 2 N–H and O–H groups in total. The fourth-order valence-electron chi connectivity index (χ4n) is 4.21. The number of hydrogen-bond acceptors (Lipinski definition) is 5. The zero-order valence-corrected chi connectivity index (χ0v) is 17.8. The molecule has 1 amide bonds. The van der Waals surface area contributed by atoms with E-state index >= 15 is 0 Å². The first-order valence-electron chi connectivity index (χ1n) is 10.0. The standard InChI is InChI=1S/C23H19ClFN3O4/c1-12-20(23(30)27-17-6-3-2-5-16(17)25)21(22-18(26-12)7-4-8-19(22)29)14-11-13(28(31)32)9-10-15(14)24/h2-3,5-6,9-11,21,26H,4,7-8H2,1H3,(H,27,30). The average molecular weight is 456 g/mol. The SMILES string of the molecule is CC1=C(C(=O)Nc2ccccc2F)C(c2cc([N+](=O)[O-])ccc2Cl)C2=C(CCCC2=O)N1. The number of halogens is 2. The Labute approximate surface area is 188 Å². The predicted octanol–water partition coefficient (Wildman–Crippen LogP) is 4.99. The number of hydrogen-bond donors (Lipinski definition) is 2. The summed E-state index contributed by atoms with van der Waals surface area (Å²) in [6.45, 7) is 1.68. The molecule has 0 fully saturated rings. The van der Waals surface area contributed by atoms with Crippen LogP contribution in [0.25, 0.3) is 0 Å². The number of nitro benzene ring substituents is 1. The topological polar surface area (TPSA) is 101 Å². The Morgan fingerprint density at radius 1 is 1.25 bits per heavy atom. The second kappa shape index (κ2) is 8.55. The average Bonchev–Trinajstić information content (AvgIpc) is 2.74. The molecule has 2 aliphatic rings. The number of anilines is 1. The molecule has 1 unspecified atom stereocenters. The summed E-state index contributed by atoms with van der Waals surface area (Å²) in [6, 6.07) is 9.66. The molecule has 0 aromatic heterocycles. The van der Waals surface area contributed by atoms with Crippen LogP contribution in [0.1, 0.15) is 37.7 Å². The molecule has 164 valence electrons. The van der Waals surface area contributed by atoms with Gasteiger partial charge in [0.05, 0.1) is 10.6 Å². The van der Waals surface area contributed by atoms with Gasteiger partial charge in [0.1, 0.15) is 5.82 Å². The van der Waals surface area contributed by atoms with Gasteiger partial charge in [-0.05, 0) is 43.5 Å². The van der Waals surface area contributed by atoms with Gasteiger partial charge in [0.15, 0.2) is 5.78 Å². The monoisotopic (exact) mass is 455 g/mol. The highest BCUT2D eigenvalue weighted by molar-refractivity contribution is 6.31. The van der Waals surface area contributed by atoms with E-state index in [1.165, 1.54) is 36.4 Å². The lowest BCUT2D eigenvalue weighted by Gasteiger charge is -2.34. The minimum Gasteiger partial charge on any atom is -0.362 e. The molecule has 1 atom stereocenters. The van der Waals surface area contributed by atoms with Gasteiger partial charge >= 0.3 is 0 Å². The molecule has 0 radical (unpaired) electrons. The molecule has 0 spiro atoms. The quantitative estimate of drug-likeness (QED) is 0.499.